The van der Waals surface area contributed by atoms with Gasteiger partial charge in [-0.05, 0) is 48.9 Å². The molecule has 148 valence electrons. The minimum absolute atomic E-state index is 0.0945. The molecule has 1 N–H and O–H groups in total. The van der Waals surface area contributed by atoms with Crippen LogP contribution in [-0.2, 0) is 25.9 Å². The Morgan fingerprint density at radius 2 is 1.64 bits per heavy atom. The average Bonchev–Trinajstić information content (AvgIpc) is 2.94. The van der Waals surface area contributed by atoms with Gasteiger partial charge < -0.3 is 9.84 Å². The van der Waals surface area contributed by atoms with Gasteiger partial charge in [0.1, 0.15) is 5.75 Å². The zero-order chi connectivity index (χ0) is 19.9. The molecule has 0 atom stereocenters. The van der Waals surface area contributed by atoms with Gasteiger partial charge in [-0.3, -0.25) is 9.13 Å². The van der Waals surface area contributed by atoms with Crippen LogP contribution in [0.4, 0.5) is 0 Å². The van der Waals surface area contributed by atoms with Crippen molar-refractivity contribution in [3.63, 3.8) is 0 Å². The van der Waals surface area contributed by atoms with Gasteiger partial charge in [0.25, 0.3) is 0 Å². The second-order valence-electron chi connectivity index (χ2n) is 6.98. The Morgan fingerprint density at radius 3 is 2.29 bits per heavy atom. The topological polar surface area (TPSA) is 56.4 Å². The second kappa shape index (κ2) is 9.31. The van der Waals surface area contributed by atoms with Gasteiger partial charge >= 0.3 is 5.69 Å². The third kappa shape index (κ3) is 4.47. The molecule has 5 heteroatoms. The maximum atomic E-state index is 12.9. The number of methoxy groups -OCH3 is 1. The van der Waals surface area contributed by atoms with Crippen molar-refractivity contribution in [1.29, 1.82) is 0 Å². The first-order valence-corrected chi connectivity index (χ1v) is 9.82. The van der Waals surface area contributed by atoms with E-state index in [-0.39, 0.29) is 11.6 Å². The molecule has 0 unspecified atom stereocenters. The summed E-state index contributed by atoms with van der Waals surface area (Å²) in [5.41, 5.74) is 2.81. The minimum Gasteiger partial charge on any atom is -0.497 e. The van der Waals surface area contributed by atoms with Crippen molar-refractivity contribution in [2.45, 2.75) is 45.7 Å². The smallest absolute Gasteiger partial charge is 0.331 e. The van der Waals surface area contributed by atoms with E-state index in [4.69, 9.17) is 4.74 Å². The van der Waals surface area contributed by atoms with Crippen LogP contribution in [0.25, 0.3) is 0 Å². The van der Waals surface area contributed by atoms with Gasteiger partial charge in [0.05, 0.1) is 19.3 Å². The van der Waals surface area contributed by atoms with Gasteiger partial charge in [-0.2, -0.15) is 0 Å². The number of aryl methyl sites for hydroxylation is 1. The van der Waals surface area contributed by atoms with Gasteiger partial charge in [0.15, 0.2) is 0 Å². The highest BCUT2D eigenvalue weighted by Crippen LogP contribution is 2.21. The number of hydrogen-bond donors (Lipinski definition) is 1. The number of benzene rings is 2. The fraction of sp³-hybridized carbons (Fsp3) is 0.348. The molecular formula is C23H28N2O3. The molecule has 28 heavy (non-hydrogen) atoms. The number of nitrogens with zero attached hydrogens (tertiary/aromatic N) is 2. The summed E-state index contributed by atoms with van der Waals surface area (Å²) in [4.78, 5) is 12.9. The van der Waals surface area contributed by atoms with Crippen molar-refractivity contribution in [3.05, 3.63) is 81.9 Å². The minimum atomic E-state index is -0.136. The summed E-state index contributed by atoms with van der Waals surface area (Å²) in [6, 6.07) is 17.8. The van der Waals surface area contributed by atoms with Crippen LogP contribution in [0.1, 0.15) is 36.6 Å². The lowest BCUT2D eigenvalue weighted by Gasteiger charge is -2.07. The molecule has 0 saturated carbocycles. The van der Waals surface area contributed by atoms with E-state index in [9.17, 15) is 9.90 Å². The Bertz CT molecular complexity index is 940. The predicted molar refractivity (Wildman–Crippen MR) is 111 cm³/mol. The van der Waals surface area contributed by atoms with Gasteiger partial charge in [-0.1, -0.05) is 49.4 Å². The summed E-state index contributed by atoms with van der Waals surface area (Å²) in [7, 11) is 1.66. The van der Waals surface area contributed by atoms with Crippen molar-refractivity contribution in [2.75, 3.05) is 7.11 Å². The molecule has 0 aliphatic carbocycles. The van der Waals surface area contributed by atoms with Gasteiger partial charge in [0, 0.05) is 6.54 Å². The van der Waals surface area contributed by atoms with E-state index in [1.165, 1.54) is 10.1 Å². The van der Waals surface area contributed by atoms with Crippen molar-refractivity contribution >= 4 is 0 Å². The molecule has 0 saturated heterocycles. The van der Waals surface area contributed by atoms with Crippen LogP contribution >= 0.6 is 0 Å². The molecule has 0 bridgehead atoms. The summed E-state index contributed by atoms with van der Waals surface area (Å²) in [5, 5.41) is 10.8. The van der Waals surface area contributed by atoms with Crippen molar-refractivity contribution in [1.82, 2.24) is 9.13 Å². The molecule has 0 spiro atoms. The van der Waals surface area contributed by atoms with Gasteiger partial charge in [-0.15, -0.1) is 0 Å². The van der Waals surface area contributed by atoms with E-state index < -0.39 is 0 Å². The molecule has 0 fully saturated rings. The molecule has 1 heterocycles. The molecule has 2 aromatic carbocycles. The number of rotatable bonds is 9. The third-order valence-electron chi connectivity index (χ3n) is 4.97. The highest BCUT2D eigenvalue weighted by molar-refractivity contribution is 5.28. The summed E-state index contributed by atoms with van der Waals surface area (Å²) in [6.07, 6.45) is 3.25. The Morgan fingerprint density at radius 1 is 0.929 bits per heavy atom. The van der Waals surface area contributed by atoms with Crippen LogP contribution in [0, 0.1) is 0 Å². The quantitative estimate of drug-likeness (QED) is 0.610. The fourth-order valence-electron chi connectivity index (χ4n) is 3.49. The van der Waals surface area contributed by atoms with E-state index >= 15 is 0 Å². The van der Waals surface area contributed by atoms with E-state index in [0.717, 1.165) is 36.3 Å². The molecule has 0 amide bonds. The molecule has 0 radical (unpaired) electrons. The van der Waals surface area contributed by atoms with E-state index in [2.05, 4.69) is 12.1 Å². The Labute approximate surface area is 165 Å². The first-order valence-electron chi connectivity index (χ1n) is 9.82. The summed E-state index contributed by atoms with van der Waals surface area (Å²) in [5.74, 6) is 0.938. The number of aromatic hydroxyl groups is 1. The van der Waals surface area contributed by atoms with Crippen LogP contribution in [0.3, 0.4) is 0 Å². The summed E-state index contributed by atoms with van der Waals surface area (Å²) in [6.45, 7) is 3.04. The molecule has 3 aromatic rings. The monoisotopic (exact) mass is 380 g/mol. The Balaban J connectivity index is 1.76. The summed E-state index contributed by atoms with van der Waals surface area (Å²) < 4.78 is 8.40. The SMILES string of the molecule is CCCn1c(CCCc2ccc(OC)cc2)c(O)n(Cc2ccccc2)c1=O. The highest BCUT2D eigenvalue weighted by Gasteiger charge is 2.18. The number of aromatic nitrogens is 2. The van der Waals surface area contributed by atoms with Crippen LogP contribution in [0.2, 0.25) is 0 Å². The van der Waals surface area contributed by atoms with E-state index in [1.807, 2.05) is 49.4 Å². The first-order chi connectivity index (χ1) is 13.6. The third-order valence-corrected chi connectivity index (χ3v) is 4.97. The molecule has 0 aliphatic rings. The maximum Gasteiger partial charge on any atom is 0.331 e. The first kappa shape index (κ1) is 19.8. The lowest BCUT2D eigenvalue weighted by Crippen LogP contribution is -2.25. The van der Waals surface area contributed by atoms with Crippen molar-refractivity contribution < 1.29 is 9.84 Å². The fourth-order valence-corrected chi connectivity index (χ4v) is 3.49. The number of ether oxygens (including phenoxy) is 1. The highest BCUT2D eigenvalue weighted by atomic mass is 16.5. The van der Waals surface area contributed by atoms with Gasteiger partial charge in [-0.25, -0.2) is 4.79 Å². The zero-order valence-corrected chi connectivity index (χ0v) is 16.6. The van der Waals surface area contributed by atoms with Crippen LogP contribution in [0.15, 0.2) is 59.4 Å². The second-order valence-corrected chi connectivity index (χ2v) is 6.98. The average molecular weight is 380 g/mol. The standard InChI is InChI=1S/C23H28N2O3/c1-3-16-24-21(11-7-10-18-12-14-20(28-2)15-13-18)22(26)25(23(24)27)17-19-8-5-4-6-9-19/h4-6,8-9,12-15,26H,3,7,10-11,16-17H2,1-2H3. The Hall–Kier alpha value is -2.95. The lowest BCUT2D eigenvalue weighted by molar-refractivity contribution is 0.414. The zero-order valence-electron chi connectivity index (χ0n) is 16.6. The molecule has 5 nitrogen and oxygen atoms in total. The van der Waals surface area contributed by atoms with Crippen LogP contribution in [0.5, 0.6) is 11.6 Å². The van der Waals surface area contributed by atoms with Crippen molar-refractivity contribution in [3.8, 4) is 11.6 Å². The van der Waals surface area contributed by atoms with E-state index in [0.29, 0.717) is 19.5 Å². The van der Waals surface area contributed by atoms with Gasteiger partial charge in [0.2, 0.25) is 5.88 Å². The molecular weight excluding hydrogens is 352 g/mol. The normalized spacial score (nSPS) is 10.9. The molecule has 0 aliphatic heterocycles. The maximum absolute atomic E-state index is 12.9. The predicted octanol–water partition coefficient (Wildman–Crippen LogP) is 4.00. The lowest BCUT2D eigenvalue weighted by atomic mass is 10.1. The van der Waals surface area contributed by atoms with Crippen molar-refractivity contribution in [2.24, 2.45) is 0 Å². The summed E-state index contributed by atoms with van der Waals surface area (Å²) >= 11 is 0. The van der Waals surface area contributed by atoms with E-state index in [1.54, 1.807) is 11.7 Å². The number of hydrogen-bond acceptors (Lipinski definition) is 3. The van der Waals surface area contributed by atoms with Crippen LogP contribution in [-0.4, -0.2) is 21.4 Å². The largest absolute Gasteiger partial charge is 0.497 e. The number of imidazole rings is 1. The van der Waals surface area contributed by atoms with Crippen LogP contribution < -0.4 is 10.4 Å². The molecule has 3 rings (SSSR count). The Kier molecular flexibility index (Phi) is 6.58. The molecule has 1 aromatic heterocycles.